The van der Waals surface area contributed by atoms with Crippen molar-refractivity contribution in [1.82, 2.24) is 0 Å². The van der Waals surface area contributed by atoms with Crippen molar-refractivity contribution in [1.29, 1.82) is 0 Å². The molecule has 0 N–H and O–H groups in total. The Morgan fingerprint density at radius 3 is 2.17 bits per heavy atom. The second kappa shape index (κ2) is 7.03. The number of carbonyl (C=O) groups excluding carboxylic acids is 2. The zero-order chi connectivity index (χ0) is 17.9. The predicted octanol–water partition coefficient (Wildman–Crippen LogP) is 1.31. The summed E-state index contributed by atoms with van der Waals surface area (Å²) in [6.07, 6.45) is -0.423. The maximum absolute atomic E-state index is 12.7. The number of hydrogen-bond acceptors (Lipinski definition) is 8. The molecular formula is C16H16O8. The van der Waals surface area contributed by atoms with Crippen LogP contribution in [-0.4, -0.2) is 40.4 Å². The van der Waals surface area contributed by atoms with Crippen LogP contribution in [-0.2, 0) is 20.7 Å². The van der Waals surface area contributed by atoms with Crippen molar-refractivity contribution in [3.05, 3.63) is 33.7 Å². The van der Waals surface area contributed by atoms with E-state index in [2.05, 4.69) is 9.47 Å². The van der Waals surface area contributed by atoms with Crippen molar-refractivity contribution < 1.29 is 33.0 Å². The van der Waals surface area contributed by atoms with Gasteiger partial charge in [-0.05, 0) is 6.07 Å². The molecule has 8 heteroatoms. The highest BCUT2D eigenvalue weighted by molar-refractivity contribution is 5.93. The first-order valence-electron chi connectivity index (χ1n) is 6.83. The van der Waals surface area contributed by atoms with Gasteiger partial charge in [-0.25, -0.2) is 4.79 Å². The number of ether oxygens (including phenoxy) is 4. The van der Waals surface area contributed by atoms with Gasteiger partial charge in [0.2, 0.25) is 5.76 Å². The highest BCUT2D eigenvalue weighted by Gasteiger charge is 2.24. The van der Waals surface area contributed by atoms with Crippen molar-refractivity contribution in [2.75, 3.05) is 28.4 Å². The third-order valence-corrected chi connectivity index (χ3v) is 3.41. The van der Waals surface area contributed by atoms with E-state index in [1.807, 2.05) is 0 Å². The molecule has 2 rings (SSSR count). The second-order valence-corrected chi connectivity index (χ2v) is 4.69. The number of methoxy groups -OCH3 is 4. The topological polar surface area (TPSA) is 101 Å². The Bertz CT molecular complexity index is 849. The molecule has 1 aromatic carbocycles. The molecule has 2 aromatic rings. The average molecular weight is 336 g/mol. The maximum atomic E-state index is 12.7. The number of rotatable bonds is 5. The van der Waals surface area contributed by atoms with E-state index in [1.54, 1.807) is 0 Å². The van der Waals surface area contributed by atoms with Gasteiger partial charge in [-0.2, -0.15) is 0 Å². The third kappa shape index (κ3) is 3.03. The third-order valence-electron chi connectivity index (χ3n) is 3.41. The van der Waals surface area contributed by atoms with Crippen LogP contribution in [0.4, 0.5) is 0 Å². The van der Waals surface area contributed by atoms with Gasteiger partial charge in [-0.3, -0.25) is 9.59 Å². The first kappa shape index (κ1) is 17.3. The van der Waals surface area contributed by atoms with Crippen molar-refractivity contribution in [3.63, 3.8) is 0 Å². The van der Waals surface area contributed by atoms with Gasteiger partial charge < -0.3 is 23.4 Å². The lowest BCUT2D eigenvalue weighted by atomic mass is 10.1. The fraction of sp³-hybridized carbons (Fsp3) is 0.312. The summed E-state index contributed by atoms with van der Waals surface area (Å²) in [5.74, 6) is -1.28. The minimum atomic E-state index is -0.873. The molecule has 128 valence electrons. The molecule has 0 saturated heterocycles. The fourth-order valence-corrected chi connectivity index (χ4v) is 2.19. The SMILES string of the molecule is COC(=O)Cc1c(C(=O)OC)oc2cc(OC)c(OC)cc2c1=O. The van der Waals surface area contributed by atoms with Crippen LogP contribution >= 0.6 is 0 Å². The number of hydrogen-bond donors (Lipinski definition) is 0. The van der Waals surface area contributed by atoms with E-state index in [4.69, 9.17) is 13.9 Å². The molecule has 0 bridgehead atoms. The summed E-state index contributed by atoms with van der Waals surface area (Å²) in [6, 6.07) is 2.84. The van der Waals surface area contributed by atoms with Gasteiger partial charge in [0.05, 0.1) is 45.8 Å². The van der Waals surface area contributed by atoms with Gasteiger partial charge in [0.15, 0.2) is 16.9 Å². The van der Waals surface area contributed by atoms with E-state index in [-0.39, 0.29) is 22.3 Å². The lowest BCUT2D eigenvalue weighted by molar-refractivity contribution is -0.139. The Morgan fingerprint density at radius 1 is 1.00 bits per heavy atom. The predicted molar refractivity (Wildman–Crippen MR) is 82.6 cm³/mol. The molecular weight excluding hydrogens is 320 g/mol. The lowest BCUT2D eigenvalue weighted by Crippen LogP contribution is -2.21. The largest absolute Gasteiger partial charge is 0.493 e. The summed E-state index contributed by atoms with van der Waals surface area (Å²) in [6.45, 7) is 0. The van der Waals surface area contributed by atoms with Crippen molar-refractivity contribution >= 4 is 22.9 Å². The van der Waals surface area contributed by atoms with Crippen LogP contribution in [0.15, 0.2) is 21.3 Å². The highest BCUT2D eigenvalue weighted by atomic mass is 16.5. The van der Waals surface area contributed by atoms with Crippen LogP contribution in [0.2, 0.25) is 0 Å². The Balaban J connectivity index is 2.82. The van der Waals surface area contributed by atoms with E-state index < -0.39 is 23.8 Å². The molecule has 8 nitrogen and oxygen atoms in total. The summed E-state index contributed by atoms with van der Waals surface area (Å²) >= 11 is 0. The first-order chi connectivity index (χ1) is 11.5. The summed E-state index contributed by atoms with van der Waals surface area (Å²) in [4.78, 5) is 36.2. The van der Waals surface area contributed by atoms with Gasteiger partial charge in [-0.15, -0.1) is 0 Å². The molecule has 1 heterocycles. The zero-order valence-electron chi connectivity index (χ0n) is 13.6. The smallest absolute Gasteiger partial charge is 0.374 e. The second-order valence-electron chi connectivity index (χ2n) is 4.69. The first-order valence-corrected chi connectivity index (χ1v) is 6.83. The molecule has 0 fully saturated rings. The van der Waals surface area contributed by atoms with Gasteiger partial charge >= 0.3 is 11.9 Å². The Labute approximate surface area is 136 Å². The molecule has 0 aliphatic heterocycles. The van der Waals surface area contributed by atoms with Gasteiger partial charge in [0.1, 0.15) is 5.58 Å². The van der Waals surface area contributed by atoms with Crippen LogP contribution in [0.1, 0.15) is 16.1 Å². The van der Waals surface area contributed by atoms with Crippen LogP contribution in [0.3, 0.4) is 0 Å². The van der Waals surface area contributed by atoms with Crippen molar-refractivity contribution in [2.45, 2.75) is 6.42 Å². The minimum absolute atomic E-state index is 0.103. The van der Waals surface area contributed by atoms with E-state index in [0.717, 1.165) is 7.11 Å². The summed E-state index contributed by atoms with van der Waals surface area (Å²) in [5.41, 5.74) is -0.594. The normalized spacial score (nSPS) is 10.3. The van der Waals surface area contributed by atoms with Crippen LogP contribution < -0.4 is 14.9 Å². The number of fused-ring (bicyclic) bond motifs is 1. The zero-order valence-corrected chi connectivity index (χ0v) is 13.6. The molecule has 0 aliphatic rings. The summed E-state index contributed by atoms with van der Waals surface area (Å²) in [7, 11) is 5.16. The van der Waals surface area contributed by atoms with Gasteiger partial charge in [-0.1, -0.05) is 0 Å². The van der Waals surface area contributed by atoms with E-state index in [0.29, 0.717) is 11.5 Å². The Morgan fingerprint density at radius 2 is 1.62 bits per heavy atom. The van der Waals surface area contributed by atoms with Crippen LogP contribution in [0.25, 0.3) is 11.0 Å². The van der Waals surface area contributed by atoms with Gasteiger partial charge in [0, 0.05) is 6.07 Å². The van der Waals surface area contributed by atoms with Crippen molar-refractivity contribution in [3.8, 4) is 11.5 Å². The maximum Gasteiger partial charge on any atom is 0.374 e. The summed E-state index contributed by atoms with van der Waals surface area (Å²) in [5, 5.41) is 0.138. The van der Waals surface area contributed by atoms with Gasteiger partial charge in [0.25, 0.3) is 0 Å². The average Bonchev–Trinajstić information content (AvgIpc) is 2.61. The summed E-state index contributed by atoms with van der Waals surface area (Å²) < 4.78 is 25.0. The molecule has 0 unspecified atom stereocenters. The highest BCUT2D eigenvalue weighted by Crippen LogP contribution is 2.32. The van der Waals surface area contributed by atoms with Crippen molar-refractivity contribution in [2.24, 2.45) is 0 Å². The number of benzene rings is 1. The quantitative estimate of drug-likeness (QED) is 0.753. The van der Waals surface area contributed by atoms with E-state index in [9.17, 15) is 14.4 Å². The lowest BCUT2D eigenvalue weighted by Gasteiger charge is -2.11. The molecule has 0 spiro atoms. The van der Waals surface area contributed by atoms with Crippen LogP contribution in [0, 0.1) is 0 Å². The number of esters is 2. The standard InChI is InChI=1S/C16H16O8/c1-20-11-5-8-10(7-12(11)21-2)24-15(16(19)23-4)9(14(8)18)6-13(17)22-3/h5,7H,6H2,1-4H3. The molecule has 24 heavy (non-hydrogen) atoms. The molecule has 1 aromatic heterocycles. The minimum Gasteiger partial charge on any atom is -0.493 e. The molecule has 0 atom stereocenters. The number of carbonyl (C=O) groups is 2. The molecule has 0 aliphatic carbocycles. The molecule has 0 saturated carbocycles. The molecule has 0 amide bonds. The monoisotopic (exact) mass is 336 g/mol. The van der Waals surface area contributed by atoms with E-state index >= 15 is 0 Å². The Hall–Kier alpha value is -3.03. The molecule has 0 radical (unpaired) electrons. The van der Waals surface area contributed by atoms with Crippen LogP contribution in [0.5, 0.6) is 11.5 Å². The Kier molecular flexibility index (Phi) is 5.08. The fourth-order valence-electron chi connectivity index (χ4n) is 2.19. The van der Waals surface area contributed by atoms with E-state index in [1.165, 1.54) is 33.5 Å².